The molecule has 0 aliphatic carbocycles. The van der Waals surface area contributed by atoms with Crippen molar-refractivity contribution < 1.29 is 14.3 Å². The number of hydrogen-bond donors (Lipinski definition) is 0. The topological polar surface area (TPSA) is 43.4 Å². The van der Waals surface area contributed by atoms with E-state index >= 15 is 0 Å². The maximum atomic E-state index is 11.9. The molecule has 0 fully saturated rings. The highest BCUT2D eigenvalue weighted by Gasteiger charge is 2.25. The summed E-state index contributed by atoms with van der Waals surface area (Å²) in [7, 11) is 0. The van der Waals surface area contributed by atoms with Gasteiger partial charge in [0.05, 0.1) is 6.61 Å². The van der Waals surface area contributed by atoms with Crippen LogP contribution in [0.1, 0.15) is 40.0 Å². The van der Waals surface area contributed by atoms with E-state index in [0.717, 1.165) is 0 Å². The molecule has 0 N–H and O–H groups in total. The number of carbonyl (C=O) groups excluding carboxylic acids is 2. The fraction of sp³-hybridized carbons (Fsp3) is 0.571. The predicted molar refractivity (Wildman–Crippen MR) is 68.6 cm³/mol. The lowest BCUT2D eigenvalue weighted by molar-refractivity contribution is -0.151. The highest BCUT2D eigenvalue weighted by molar-refractivity contribution is 5.99. The zero-order valence-electron chi connectivity index (χ0n) is 10.9. The van der Waals surface area contributed by atoms with Gasteiger partial charge in [-0.1, -0.05) is 24.3 Å². The van der Waals surface area contributed by atoms with Crippen LogP contribution in [0.15, 0.2) is 24.3 Å². The van der Waals surface area contributed by atoms with E-state index in [1.165, 1.54) is 0 Å². The number of esters is 1. The lowest BCUT2D eigenvalue weighted by Crippen LogP contribution is -2.25. The maximum Gasteiger partial charge on any atom is 0.316 e. The molecule has 0 spiro atoms. The molecule has 0 bridgehead atoms. The van der Waals surface area contributed by atoms with E-state index < -0.39 is 11.9 Å². The van der Waals surface area contributed by atoms with Crippen molar-refractivity contribution in [2.75, 3.05) is 6.61 Å². The minimum absolute atomic E-state index is 0.0420. The van der Waals surface area contributed by atoms with Crippen LogP contribution in [-0.4, -0.2) is 18.4 Å². The first kappa shape index (κ1) is 15.6. The molecule has 0 aromatic rings. The van der Waals surface area contributed by atoms with Gasteiger partial charge in [-0.05, 0) is 33.6 Å². The van der Waals surface area contributed by atoms with Crippen molar-refractivity contribution >= 4 is 11.8 Å². The zero-order valence-corrected chi connectivity index (χ0v) is 10.9. The van der Waals surface area contributed by atoms with Crippen LogP contribution >= 0.6 is 0 Å². The van der Waals surface area contributed by atoms with Crippen molar-refractivity contribution in [3.05, 3.63) is 24.3 Å². The second-order valence-electron chi connectivity index (χ2n) is 3.68. The summed E-state index contributed by atoms with van der Waals surface area (Å²) in [5.41, 5.74) is 0. The van der Waals surface area contributed by atoms with Crippen molar-refractivity contribution in [2.24, 2.45) is 5.92 Å². The normalized spacial score (nSPS) is 13.1. The number of ether oxygens (including phenoxy) is 1. The van der Waals surface area contributed by atoms with Crippen LogP contribution in [0.4, 0.5) is 0 Å². The molecule has 0 heterocycles. The minimum atomic E-state index is -0.642. The Morgan fingerprint density at radius 1 is 1.18 bits per heavy atom. The largest absolute Gasteiger partial charge is 0.465 e. The Balaban J connectivity index is 4.43. The molecule has 0 aliphatic heterocycles. The second-order valence-corrected chi connectivity index (χ2v) is 3.68. The van der Waals surface area contributed by atoms with Gasteiger partial charge in [0.25, 0.3) is 0 Å². The van der Waals surface area contributed by atoms with Gasteiger partial charge < -0.3 is 4.74 Å². The van der Waals surface area contributed by atoms with Crippen LogP contribution in [0.25, 0.3) is 0 Å². The molecule has 0 saturated heterocycles. The third-order valence-electron chi connectivity index (χ3n) is 2.36. The van der Waals surface area contributed by atoms with E-state index in [-0.39, 0.29) is 5.78 Å². The Kier molecular flexibility index (Phi) is 9.02. The summed E-state index contributed by atoms with van der Waals surface area (Å²) in [5, 5.41) is 0. The average molecular weight is 238 g/mol. The molecule has 1 unspecified atom stereocenters. The monoisotopic (exact) mass is 238 g/mol. The Hall–Kier alpha value is -1.38. The van der Waals surface area contributed by atoms with Gasteiger partial charge in [-0.3, -0.25) is 9.59 Å². The lowest BCUT2D eigenvalue weighted by Gasteiger charge is -2.12. The van der Waals surface area contributed by atoms with Gasteiger partial charge in [0.15, 0.2) is 0 Å². The van der Waals surface area contributed by atoms with Crippen LogP contribution in [0.2, 0.25) is 0 Å². The van der Waals surface area contributed by atoms with E-state index in [1.54, 1.807) is 6.92 Å². The minimum Gasteiger partial charge on any atom is -0.465 e. The highest BCUT2D eigenvalue weighted by Crippen LogP contribution is 2.12. The molecule has 1 atom stereocenters. The van der Waals surface area contributed by atoms with Gasteiger partial charge in [0.2, 0.25) is 0 Å². The highest BCUT2D eigenvalue weighted by atomic mass is 16.5. The van der Waals surface area contributed by atoms with Crippen LogP contribution in [0.5, 0.6) is 0 Å². The third-order valence-corrected chi connectivity index (χ3v) is 2.36. The van der Waals surface area contributed by atoms with E-state index in [2.05, 4.69) is 0 Å². The number of rotatable bonds is 8. The van der Waals surface area contributed by atoms with Crippen molar-refractivity contribution in [1.29, 1.82) is 0 Å². The van der Waals surface area contributed by atoms with E-state index in [0.29, 0.717) is 25.9 Å². The summed E-state index contributed by atoms with van der Waals surface area (Å²) in [5.74, 6) is -1.09. The summed E-state index contributed by atoms with van der Waals surface area (Å²) >= 11 is 0. The third kappa shape index (κ3) is 6.72. The first-order valence-electron chi connectivity index (χ1n) is 6.09. The van der Waals surface area contributed by atoms with Crippen molar-refractivity contribution in [1.82, 2.24) is 0 Å². The van der Waals surface area contributed by atoms with E-state index in [1.807, 2.05) is 38.2 Å². The van der Waals surface area contributed by atoms with Crippen LogP contribution in [-0.2, 0) is 14.3 Å². The number of ketones is 1. The molecular weight excluding hydrogens is 216 g/mol. The molecule has 3 heteroatoms. The molecule has 0 aromatic carbocycles. The van der Waals surface area contributed by atoms with Gasteiger partial charge in [-0.2, -0.15) is 0 Å². The standard InChI is InChI=1S/C14H22O3/c1-4-7-9-11-13(15)12(10-8-5-2)14(16)17-6-3/h4-5,7-8,12H,6,9-11H2,1-3H3/b7-4+,8-5+. The first-order chi connectivity index (χ1) is 8.17. The lowest BCUT2D eigenvalue weighted by atomic mass is 9.96. The Bertz CT molecular complexity index is 290. The summed E-state index contributed by atoms with van der Waals surface area (Å²) in [4.78, 5) is 23.5. The number of carbonyl (C=O) groups is 2. The summed E-state index contributed by atoms with van der Waals surface area (Å²) in [6.07, 6.45) is 9.01. The van der Waals surface area contributed by atoms with Crippen LogP contribution in [0, 0.1) is 5.92 Å². The molecule has 0 rings (SSSR count). The molecule has 0 radical (unpaired) electrons. The Morgan fingerprint density at radius 2 is 1.82 bits per heavy atom. The van der Waals surface area contributed by atoms with Crippen LogP contribution in [0.3, 0.4) is 0 Å². The second kappa shape index (κ2) is 9.82. The molecule has 96 valence electrons. The van der Waals surface area contributed by atoms with E-state index in [9.17, 15) is 9.59 Å². The molecule has 0 amide bonds. The molecule has 0 saturated carbocycles. The van der Waals surface area contributed by atoms with Gasteiger partial charge in [0, 0.05) is 6.42 Å². The van der Waals surface area contributed by atoms with Crippen molar-refractivity contribution in [3.8, 4) is 0 Å². The molecule has 0 aromatic heterocycles. The average Bonchev–Trinajstić information content (AvgIpc) is 2.30. The summed E-state index contributed by atoms with van der Waals surface area (Å²) in [6.45, 7) is 5.84. The van der Waals surface area contributed by atoms with Gasteiger partial charge in [0.1, 0.15) is 11.7 Å². The van der Waals surface area contributed by atoms with Crippen molar-refractivity contribution in [3.63, 3.8) is 0 Å². The first-order valence-corrected chi connectivity index (χ1v) is 6.09. The Morgan fingerprint density at radius 3 is 2.35 bits per heavy atom. The van der Waals surface area contributed by atoms with Gasteiger partial charge in [-0.15, -0.1) is 0 Å². The number of hydrogen-bond acceptors (Lipinski definition) is 3. The molecular formula is C14H22O3. The fourth-order valence-corrected chi connectivity index (χ4v) is 1.44. The number of Topliss-reactive ketones (excluding diaryl/α,β-unsaturated/α-hetero) is 1. The quantitative estimate of drug-likeness (QED) is 0.371. The van der Waals surface area contributed by atoms with Gasteiger partial charge >= 0.3 is 5.97 Å². The summed E-state index contributed by atoms with van der Waals surface area (Å²) < 4.78 is 4.92. The summed E-state index contributed by atoms with van der Waals surface area (Å²) in [6, 6.07) is 0. The smallest absolute Gasteiger partial charge is 0.316 e. The van der Waals surface area contributed by atoms with Gasteiger partial charge in [-0.25, -0.2) is 0 Å². The molecule has 17 heavy (non-hydrogen) atoms. The fourth-order valence-electron chi connectivity index (χ4n) is 1.44. The van der Waals surface area contributed by atoms with Crippen LogP contribution < -0.4 is 0 Å². The van der Waals surface area contributed by atoms with Crippen molar-refractivity contribution in [2.45, 2.75) is 40.0 Å². The molecule has 0 aliphatic rings. The number of allylic oxidation sites excluding steroid dienone is 4. The van der Waals surface area contributed by atoms with E-state index in [4.69, 9.17) is 4.74 Å². The predicted octanol–water partition coefficient (Wildman–Crippen LogP) is 3.06. The SMILES string of the molecule is C/C=C/CCC(=O)C(C/C=C/C)C(=O)OCC. The molecule has 3 nitrogen and oxygen atoms in total. The zero-order chi connectivity index (χ0) is 13.1. The Labute approximate surface area is 104 Å². The maximum absolute atomic E-state index is 11.9.